The summed E-state index contributed by atoms with van der Waals surface area (Å²) in [6.07, 6.45) is 1.16. The molecule has 2 amide bonds. The van der Waals surface area contributed by atoms with Gasteiger partial charge in [-0.1, -0.05) is 24.3 Å². The van der Waals surface area contributed by atoms with Gasteiger partial charge in [-0.2, -0.15) is 0 Å². The average molecular weight is 448 g/mol. The summed E-state index contributed by atoms with van der Waals surface area (Å²) in [7, 11) is 3.21. The van der Waals surface area contributed by atoms with Crippen molar-refractivity contribution in [1.29, 1.82) is 0 Å². The normalized spacial score (nSPS) is 19.5. The van der Waals surface area contributed by atoms with Crippen molar-refractivity contribution in [2.24, 2.45) is 0 Å². The van der Waals surface area contributed by atoms with Gasteiger partial charge < -0.3 is 24.3 Å². The van der Waals surface area contributed by atoms with E-state index in [4.69, 9.17) is 9.47 Å². The van der Waals surface area contributed by atoms with Gasteiger partial charge in [-0.05, 0) is 49.6 Å². The van der Waals surface area contributed by atoms with Gasteiger partial charge in [0.2, 0.25) is 11.8 Å². The highest BCUT2D eigenvalue weighted by molar-refractivity contribution is 5.97. The number of piperazine rings is 1. The highest BCUT2D eigenvalue weighted by Crippen LogP contribution is 2.42. The number of para-hydroxylation sites is 1. The Morgan fingerprint density at radius 3 is 2.58 bits per heavy atom. The fourth-order valence-corrected chi connectivity index (χ4v) is 5.43. The number of H-pyrrole nitrogens is 1. The fraction of sp³-hybridized carbons (Fsp3) is 0.385. The van der Waals surface area contributed by atoms with E-state index in [1.165, 1.54) is 0 Å². The van der Waals surface area contributed by atoms with Gasteiger partial charge in [-0.25, -0.2) is 0 Å². The van der Waals surface area contributed by atoms with Crippen molar-refractivity contribution >= 4 is 22.7 Å². The molecule has 0 saturated carbocycles. The summed E-state index contributed by atoms with van der Waals surface area (Å²) in [4.78, 5) is 33.9. The molecule has 5 rings (SSSR count). The highest BCUT2D eigenvalue weighted by Gasteiger charge is 2.51. The highest BCUT2D eigenvalue weighted by atomic mass is 16.5. The maximum atomic E-state index is 13.6. The first-order valence-corrected chi connectivity index (χ1v) is 11.3. The number of methoxy groups -OCH3 is 2. The fourth-order valence-electron chi connectivity index (χ4n) is 5.43. The zero-order valence-corrected chi connectivity index (χ0v) is 19.5. The second-order valence-corrected chi connectivity index (χ2v) is 9.27. The van der Waals surface area contributed by atoms with Crippen molar-refractivity contribution in [2.75, 3.05) is 27.3 Å². The quantitative estimate of drug-likeness (QED) is 0.652. The third-order valence-electron chi connectivity index (χ3n) is 7.05. The first-order valence-electron chi connectivity index (χ1n) is 11.3. The van der Waals surface area contributed by atoms with Crippen LogP contribution < -0.4 is 9.47 Å². The largest absolute Gasteiger partial charge is 0.493 e. The molecule has 1 N–H and O–H groups in total. The number of aromatic nitrogens is 1. The lowest BCUT2D eigenvalue weighted by molar-refractivity contribution is -0.163. The maximum absolute atomic E-state index is 13.6. The molecule has 33 heavy (non-hydrogen) atoms. The molecule has 0 spiro atoms. The predicted octanol–water partition coefficient (Wildman–Crippen LogP) is 3.26. The van der Waals surface area contributed by atoms with Crippen molar-refractivity contribution in [1.82, 2.24) is 14.8 Å². The Kier molecular flexibility index (Phi) is 5.07. The number of rotatable bonds is 5. The van der Waals surface area contributed by atoms with E-state index in [1.54, 1.807) is 24.0 Å². The molecule has 7 nitrogen and oxygen atoms in total. The van der Waals surface area contributed by atoms with Crippen LogP contribution in [-0.4, -0.2) is 59.9 Å². The molecule has 1 atom stereocenters. The molecule has 1 fully saturated rings. The number of carbonyl (C=O) groups excluding carboxylic acids is 2. The van der Waals surface area contributed by atoms with Crippen molar-refractivity contribution in [3.8, 4) is 11.5 Å². The van der Waals surface area contributed by atoms with Crippen LogP contribution in [0.2, 0.25) is 0 Å². The predicted molar refractivity (Wildman–Crippen MR) is 125 cm³/mol. The molecule has 172 valence electrons. The van der Waals surface area contributed by atoms with E-state index < -0.39 is 11.6 Å². The second-order valence-electron chi connectivity index (χ2n) is 9.27. The molecule has 2 aliphatic heterocycles. The maximum Gasteiger partial charge on any atom is 0.246 e. The van der Waals surface area contributed by atoms with Crippen LogP contribution >= 0.6 is 0 Å². The van der Waals surface area contributed by atoms with Crippen molar-refractivity contribution in [3.63, 3.8) is 0 Å². The van der Waals surface area contributed by atoms with Gasteiger partial charge in [0.05, 0.1) is 26.3 Å². The summed E-state index contributed by atoms with van der Waals surface area (Å²) in [5, 5.41) is 1.13. The monoisotopic (exact) mass is 447 g/mol. The van der Waals surface area contributed by atoms with E-state index in [0.717, 1.165) is 27.7 Å². The summed E-state index contributed by atoms with van der Waals surface area (Å²) >= 11 is 0. The third-order valence-corrected chi connectivity index (χ3v) is 7.05. The molecular weight excluding hydrogens is 418 g/mol. The molecule has 3 heterocycles. The van der Waals surface area contributed by atoms with Gasteiger partial charge in [0.25, 0.3) is 0 Å². The van der Waals surface area contributed by atoms with Gasteiger partial charge in [0.15, 0.2) is 11.5 Å². The number of aromatic amines is 1. The minimum absolute atomic E-state index is 0.0128. The number of hydrogen-bond acceptors (Lipinski definition) is 4. The lowest BCUT2D eigenvalue weighted by atomic mass is 9.82. The number of ether oxygens (including phenoxy) is 2. The summed E-state index contributed by atoms with van der Waals surface area (Å²) in [5.41, 5.74) is 3.65. The van der Waals surface area contributed by atoms with E-state index in [9.17, 15) is 9.59 Å². The molecule has 0 aliphatic carbocycles. The van der Waals surface area contributed by atoms with E-state index in [2.05, 4.69) is 11.1 Å². The average Bonchev–Trinajstić information content (AvgIpc) is 3.19. The molecule has 2 aromatic carbocycles. The zero-order valence-electron chi connectivity index (χ0n) is 19.5. The SMILES string of the molecule is COc1ccc(CCN2CC(=O)N3C(Cc4c([nH]c5ccccc45)C3(C)C)C2=O)cc1OC. The van der Waals surface area contributed by atoms with Crippen LogP contribution in [0.25, 0.3) is 10.9 Å². The van der Waals surface area contributed by atoms with E-state index in [1.807, 2.05) is 50.2 Å². The molecular formula is C26H29N3O4. The van der Waals surface area contributed by atoms with Crippen LogP contribution in [0.4, 0.5) is 0 Å². The lowest BCUT2D eigenvalue weighted by Crippen LogP contribution is -2.67. The van der Waals surface area contributed by atoms with E-state index in [-0.39, 0.29) is 18.4 Å². The van der Waals surface area contributed by atoms with Crippen molar-refractivity contribution in [2.45, 2.75) is 38.3 Å². The number of nitrogens with zero attached hydrogens (tertiary/aromatic N) is 2. The van der Waals surface area contributed by atoms with Gasteiger partial charge in [0, 0.05) is 29.6 Å². The van der Waals surface area contributed by atoms with Crippen LogP contribution in [0.5, 0.6) is 11.5 Å². The zero-order chi connectivity index (χ0) is 23.3. The molecule has 2 aliphatic rings. The minimum atomic E-state index is -0.584. The number of hydrogen-bond donors (Lipinski definition) is 1. The van der Waals surface area contributed by atoms with Crippen LogP contribution in [0.15, 0.2) is 42.5 Å². The number of amides is 2. The van der Waals surface area contributed by atoms with Crippen LogP contribution in [0, 0.1) is 0 Å². The Morgan fingerprint density at radius 2 is 1.82 bits per heavy atom. The molecule has 7 heteroatoms. The van der Waals surface area contributed by atoms with Gasteiger partial charge in [-0.15, -0.1) is 0 Å². The number of fused-ring (bicyclic) bond motifs is 4. The smallest absolute Gasteiger partial charge is 0.246 e. The summed E-state index contributed by atoms with van der Waals surface area (Å²) in [6, 6.07) is 13.4. The Hall–Kier alpha value is -3.48. The molecule has 0 radical (unpaired) electrons. The Bertz CT molecular complexity index is 1250. The van der Waals surface area contributed by atoms with Crippen molar-refractivity contribution < 1.29 is 19.1 Å². The van der Waals surface area contributed by atoms with E-state index in [0.29, 0.717) is 30.9 Å². The van der Waals surface area contributed by atoms with Crippen LogP contribution in [0.1, 0.15) is 30.7 Å². The number of carbonyl (C=O) groups is 2. The molecule has 0 bridgehead atoms. The van der Waals surface area contributed by atoms with Crippen molar-refractivity contribution in [3.05, 3.63) is 59.3 Å². The number of benzene rings is 2. The standard InChI is InChI=1S/C26H29N3O4/c1-26(2)24-18(17-7-5-6-8-19(17)27-24)14-20-25(31)28(15-23(30)29(20)26)12-11-16-9-10-21(32-3)22(13-16)33-4/h5-10,13,20,27H,11-12,14-15H2,1-4H3. The van der Waals surface area contributed by atoms with Gasteiger partial charge >= 0.3 is 0 Å². The first-order chi connectivity index (χ1) is 15.8. The van der Waals surface area contributed by atoms with Gasteiger partial charge in [0.1, 0.15) is 6.04 Å². The molecule has 1 saturated heterocycles. The molecule has 1 aromatic heterocycles. The van der Waals surface area contributed by atoms with Crippen LogP contribution in [-0.2, 0) is 28.0 Å². The Morgan fingerprint density at radius 1 is 1.06 bits per heavy atom. The summed E-state index contributed by atoms with van der Waals surface area (Å²) < 4.78 is 10.7. The Balaban J connectivity index is 1.41. The van der Waals surface area contributed by atoms with Gasteiger partial charge in [-0.3, -0.25) is 9.59 Å². The number of nitrogens with one attached hydrogen (secondary N) is 1. The summed E-state index contributed by atoms with van der Waals surface area (Å²) in [6.45, 7) is 4.63. The van der Waals surface area contributed by atoms with E-state index >= 15 is 0 Å². The molecule has 3 aromatic rings. The third kappa shape index (κ3) is 3.34. The van der Waals surface area contributed by atoms with Crippen LogP contribution in [0.3, 0.4) is 0 Å². The second kappa shape index (κ2) is 7.83. The minimum Gasteiger partial charge on any atom is -0.493 e. The topological polar surface area (TPSA) is 74.9 Å². The first kappa shape index (κ1) is 21.4. The summed E-state index contributed by atoms with van der Waals surface area (Å²) in [5.74, 6) is 1.32. The Labute approximate surface area is 193 Å². The molecule has 1 unspecified atom stereocenters. The lowest BCUT2D eigenvalue weighted by Gasteiger charge is -2.51.